The molecule has 0 saturated heterocycles. The number of hydrogen-bond acceptors (Lipinski definition) is 2. The second-order valence-electron chi connectivity index (χ2n) is 2.14. The first-order chi connectivity index (χ1) is 5.18. The van der Waals surface area contributed by atoms with E-state index in [1.807, 2.05) is 10.9 Å². The van der Waals surface area contributed by atoms with Gasteiger partial charge < -0.3 is 5.73 Å². The highest BCUT2D eigenvalue weighted by Crippen LogP contribution is 2.01. The first-order valence-electron chi connectivity index (χ1n) is 3.15. The largest absolute Gasteiger partial charge is 0.393 e. The van der Waals surface area contributed by atoms with Gasteiger partial charge in [-0.2, -0.15) is 5.10 Å². The van der Waals surface area contributed by atoms with Gasteiger partial charge in [0.15, 0.2) is 0 Å². The van der Waals surface area contributed by atoms with E-state index in [0.717, 1.165) is 10.1 Å². The van der Waals surface area contributed by atoms with Gasteiger partial charge in [-0.15, -0.1) is 0 Å². The van der Waals surface area contributed by atoms with Crippen LogP contribution in [0.15, 0.2) is 12.4 Å². The zero-order valence-corrected chi connectivity index (χ0v) is 8.80. The van der Waals surface area contributed by atoms with Crippen molar-refractivity contribution >= 4 is 39.8 Å². The quantitative estimate of drug-likeness (QED) is 0.668. The van der Waals surface area contributed by atoms with Gasteiger partial charge in [0.1, 0.15) is 0 Å². The van der Waals surface area contributed by atoms with E-state index in [4.69, 9.17) is 18.0 Å². The summed E-state index contributed by atoms with van der Waals surface area (Å²) in [6, 6.07) is 0. The summed E-state index contributed by atoms with van der Waals surface area (Å²) in [5.41, 5.74) is 5.34. The summed E-state index contributed by atoms with van der Waals surface area (Å²) in [5.74, 6) is 0. The number of hydrogen-bond donors (Lipinski definition) is 1. The molecule has 0 atom stereocenters. The fraction of sp³-hybridized carbons (Fsp3) is 0.333. The van der Waals surface area contributed by atoms with E-state index >= 15 is 0 Å². The lowest BCUT2D eigenvalue weighted by Crippen LogP contribution is -2.11. The van der Waals surface area contributed by atoms with Gasteiger partial charge in [0.2, 0.25) is 0 Å². The van der Waals surface area contributed by atoms with E-state index in [0.29, 0.717) is 11.4 Å². The lowest BCUT2D eigenvalue weighted by atomic mass is 10.4. The van der Waals surface area contributed by atoms with Crippen LogP contribution < -0.4 is 5.73 Å². The molecule has 60 valence electrons. The molecule has 1 heterocycles. The third kappa shape index (κ3) is 3.15. The SMILES string of the molecule is NC(=S)CCn1cc(I)cn1. The lowest BCUT2D eigenvalue weighted by molar-refractivity contribution is 0.635. The van der Waals surface area contributed by atoms with E-state index in [1.165, 1.54) is 0 Å². The summed E-state index contributed by atoms with van der Waals surface area (Å²) in [7, 11) is 0. The Labute approximate surface area is 84.1 Å². The number of nitrogens with zero attached hydrogens (tertiary/aromatic N) is 2. The van der Waals surface area contributed by atoms with Crippen molar-refractivity contribution in [1.82, 2.24) is 9.78 Å². The number of rotatable bonds is 3. The maximum Gasteiger partial charge on any atom is 0.0745 e. The Morgan fingerprint density at radius 3 is 3.00 bits per heavy atom. The Bertz CT molecular complexity index is 258. The molecule has 0 aliphatic rings. The summed E-state index contributed by atoms with van der Waals surface area (Å²) in [4.78, 5) is 0.538. The molecule has 0 fully saturated rings. The highest BCUT2D eigenvalue weighted by atomic mass is 127. The Kier molecular flexibility index (Phi) is 3.25. The molecule has 0 aromatic carbocycles. The topological polar surface area (TPSA) is 43.8 Å². The molecule has 1 aromatic heterocycles. The molecule has 0 saturated carbocycles. The van der Waals surface area contributed by atoms with Gasteiger partial charge in [0.25, 0.3) is 0 Å². The van der Waals surface area contributed by atoms with Crippen LogP contribution in [0.1, 0.15) is 6.42 Å². The van der Waals surface area contributed by atoms with Crippen molar-refractivity contribution in [2.24, 2.45) is 5.73 Å². The molecule has 2 N–H and O–H groups in total. The molecule has 11 heavy (non-hydrogen) atoms. The lowest BCUT2D eigenvalue weighted by Gasteiger charge is -1.97. The predicted octanol–water partition coefficient (Wildman–Crippen LogP) is 1.16. The molecule has 1 rings (SSSR count). The summed E-state index contributed by atoms with van der Waals surface area (Å²) < 4.78 is 2.96. The minimum absolute atomic E-state index is 0.538. The Morgan fingerprint density at radius 1 is 1.82 bits per heavy atom. The van der Waals surface area contributed by atoms with Crippen molar-refractivity contribution in [1.29, 1.82) is 0 Å². The second-order valence-corrected chi connectivity index (χ2v) is 3.91. The molecule has 0 amide bonds. The van der Waals surface area contributed by atoms with Crippen LogP contribution in [0, 0.1) is 3.57 Å². The third-order valence-corrected chi connectivity index (χ3v) is 1.95. The predicted molar refractivity (Wildman–Crippen MR) is 56.3 cm³/mol. The average molecular weight is 281 g/mol. The average Bonchev–Trinajstić information content (AvgIpc) is 2.31. The maximum atomic E-state index is 5.34. The van der Waals surface area contributed by atoms with Crippen LogP contribution >= 0.6 is 34.8 Å². The molecule has 0 aliphatic carbocycles. The summed E-state index contributed by atoms with van der Waals surface area (Å²) in [5, 5.41) is 4.08. The minimum atomic E-state index is 0.538. The van der Waals surface area contributed by atoms with Gasteiger partial charge in [-0.1, -0.05) is 12.2 Å². The van der Waals surface area contributed by atoms with Crippen LogP contribution in [0.3, 0.4) is 0 Å². The summed E-state index contributed by atoms with van der Waals surface area (Å²) in [6.45, 7) is 0.776. The number of aromatic nitrogens is 2. The zero-order valence-electron chi connectivity index (χ0n) is 5.83. The first kappa shape index (κ1) is 8.92. The molecule has 1 aromatic rings. The van der Waals surface area contributed by atoms with Gasteiger partial charge in [0, 0.05) is 19.2 Å². The van der Waals surface area contributed by atoms with Crippen molar-refractivity contribution < 1.29 is 0 Å². The normalized spacial score (nSPS) is 9.91. The molecular weight excluding hydrogens is 273 g/mol. The minimum Gasteiger partial charge on any atom is -0.393 e. The Hall–Kier alpha value is -0.170. The van der Waals surface area contributed by atoms with Crippen molar-refractivity contribution in [2.75, 3.05) is 0 Å². The number of nitrogens with two attached hydrogens (primary N) is 1. The monoisotopic (exact) mass is 281 g/mol. The fourth-order valence-electron chi connectivity index (χ4n) is 0.685. The molecule has 0 spiro atoms. The highest BCUT2D eigenvalue weighted by Gasteiger charge is 1.94. The van der Waals surface area contributed by atoms with Crippen molar-refractivity contribution in [2.45, 2.75) is 13.0 Å². The zero-order chi connectivity index (χ0) is 8.27. The van der Waals surface area contributed by atoms with Crippen molar-refractivity contribution in [3.05, 3.63) is 16.0 Å². The van der Waals surface area contributed by atoms with Gasteiger partial charge >= 0.3 is 0 Å². The van der Waals surface area contributed by atoms with Crippen LogP contribution in [-0.4, -0.2) is 14.8 Å². The van der Waals surface area contributed by atoms with E-state index in [2.05, 4.69) is 27.7 Å². The van der Waals surface area contributed by atoms with E-state index in [1.54, 1.807) is 6.20 Å². The van der Waals surface area contributed by atoms with Crippen LogP contribution in [0.2, 0.25) is 0 Å². The summed E-state index contributed by atoms with van der Waals surface area (Å²) in [6.07, 6.45) is 4.48. The number of thiocarbonyl (C=S) groups is 1. The van der Waals surface area contributed by atoms with Crippen LogP contribution in [0.4, 0.5) is 0 Å². The van der Waals surface area contributed by atoms with Crippen LogP contribution in [-0.2, 0) is 6.54 Å². The van der Waals surface area contributed by atoms with Gasteiger partial charge in [-0.3, -0.25) is 4.68 Å². The standard InChI is InChI=1S/C6H8IN3S/c7-5-3-9-10(4-5)2-1-6(8)11/h3-4H,1-2H2,(H2,8,11). The van der Waals surface area contributed by atoms with E-state index in [9.17, 15) is 0 Å². The van der Waals surface area contributed by atoms with Crippen molar-refractivity contribution in [3.63, 3.8) is 0 Å². The van der Waals surface area contributed by atoms with Gasteiger partial charge in [-0.05, 0) is 22.6 Å². The second kappa shape index (κ2) is 4.01. The van der Waals surface area contributed by atoms with E-state index < -0.39 is 0 Å². The Balaban J connectivity index is 2.45. The molecule has 0 unspecified atom stereocenters. The molecule has 0 bridgehead atoms. The number of aryl methyl sites for hydroxylation is 1. The molecule has 5 heteroatoms. The Morgan fingerprint density at radius 2 is 2.55 bits per heavy atom. The number of halogens is 1. The molecular formula is C6H8IN3S. The molecule has 3 nitrogen and oxygen atoms in total. The first-order valence-corrected chi connectivity index (χ1v) is 4.63. The fourth-order valence-corrected chi connectivity index (χ4v) is 1.22. The molecule has 0 radical (unpaired) electrons. The summed E-state index contributed by atoms with van der Waals surface area (Å²) >= 11 is 6.95. The third-order valence-electron chi connectivity index (χ3n) is 1.19. The maximum absolute atomic E-state index is 5.34. The van der Waals surface area contributed by atoms with Crippen LogP contribution in [0.25, 0.3) is 0 Å². The molecule has 0 aliphatic heterocycles. The van der Waals surface area contributed by atoms with Crippen molar-refractivity contribution in [3.8, 4) is 0 Å². The van der Waals surface area contributed by atoms with E-state index in [-0.39, 0.29) is 0 Å². The van der Waals surface area contributed by atoms with Gasteiger partial charge in [0.05, 0.1) is 14.8 Å². The van der Waals surface area contributed by atoms with Gasteiger partial charge in [-0.25, -0.2) is 0 Å². The smallest absolute Gasteiger partial charge is 0.0745 e. The highest BCUT2D eigenvalue weighted by molar-refractivity contribution is 14.1. The van der Waals surface area contributed by atoms with Crippen LogP contribution in [0.5, 0.6) is 0 Å².